The zero-order valence-electron chi connectivity index (χ0n) is 17.0. The summed E-state index contributed by atoms with van der Waals surface area (Å²) in [6.07, 6.45) is 7.24. The smallest absolute Gasteiger partial charge is 0.246 e. The molecule has 1 aliphatic rings. The topological polar surface area (TPSA) is 81.0 Å². The Balaban J connectivity index is 1.50. The molecule has 3 aromatic rings. The molecular weight excluding hydrogens is 386 g/mol. The Hall–Kier alpha value is -2.58. The number of hydrogen-bond donors (Lipinski definition) is 0. The second-order valence-corrected chi connectivity index (χ2v) is 9.61. The van der Waals surface area contributed by atoms with E-state index in [9.17, 15) is 8.42 Å². The number of aryl methyl sites for hydroxylation is 1. The largest absolute Gasteiger partial charge is 0.344 e. The van der Waals surface area contributed by atoms with Gasteiger partial charge in [-0.05, 0) is 37.1 Å². The molecule has 0 aliphatic carbocycles. The predicted molar refractivity (Wildman–Crippen MR) is 110 cm³/mol. The van der Waals surface area contributed by atoms with Gasteiger partial charge in [-0.3, -0.25) is 9.88 Å². The van der Waals surface area contributed by atoms with Crippen molar-refractivity contribution in [3.05, 3.63) is 70.6 Å². The minimum Gasteiger partial charge on any atom is -0.344 e. The van der Waals surface area contributed by atoms with E-state index in [4.69, 9.17) is 0 Å². The number of pyridine rings is 1. The van der Waals surface area contributed by atoms with Crippen molar-refractivity contribution >= 4 is 9.84 Å². The highest BCUT2D eigenvalue weighted by molar-refractivity contribution is 7.90. The van der Waals surface area contributed by atoms with Gasteiger partial charge in [0.1, 0.15) is 0 Å². The van der Waals surface area contributed by atoms with E-state index >= 15 is 0 Å². The van der Waals surface area contributed by atoms with Crippen LogP contribution in [0.1, 0.15) is 33.8 Å². The Bertz CT molecular complexity index is 1140. The quantitative estimate of drug-likeness (QED) is 0.599. The van der Waals surface area contributed by atoms with Crippen molar-refractivity contribution in [2.45, 2.75) is 45.1 Å². The molecule has 0 bridgehead atoms. The predicted octanol–water partition coefficient (Wildman–Crippen LogP) is 2.30. The number of aromatic nitrogens is 4. The van der Waals surface area contributed by atoms with Crippen LogP contribution in [0.15, 0.2) is 41.9 Å². The molecule has 8 heteroatoms. The van der Waals surface area contributed by atoms with E-state index in [1.54, 1.807) is 12.4 Å². The first-order valence-corrected chi connectivity index (χ1v) is 11.5. The summed E-state index contributed by atoms with van der Waals surface area (Å²) < 4.78 is 25.7. The molecule has 3 aromatic heterocycles. The standard InChI is InChI=1S/C21H25N5O2S/c1-15-9-18(16(2)26(15)12-17-5-4-7-22-10-17)13-25-8-6-20-19(14-25)11-23-21(24-20)29(3,27)28/h4-5,7,9-11H,6,8,12-14H2,1-3H3. The third-order valence-corrected chi connectivity index (χ3v) is 6.32. The molecule has 0 saturated carbocycles. The summed E-state index contributed by atoms with van der Waals surface area (Å²) in [5.74, 6) is 0. The number of rotatable bonds is 5. The molecule has 4 rings (SSSR count). The first-order chi connectivity index (χ1) is 13.8. The highest BCUT2D eigenvalue weighted by atomic mass is 32.2. The van der Waals surface area contributed by atoms with E-state index in [-0.39, 0.29) is 5.16 Å². The van der Waals surface area contributed by atoms with Crippen molar-refractivity contribution in [2.75, 3.05) is 12.8 Å². The van der Waals surface area contributed by atoms with E-state index in [0.29, 0.717) is 0 Å². The molecule has 0 aromatic carbocycles. The molecule has 29 heavy (non-hydrogen) atoms. The van der Waals surface area contributed by atoms with Gasteiger partial charge >= 0.3 is 0 Å². The van der Waals surface area contributed by atoms with Crippen LogP contribution in [0, 0.1) is 13.8 Å². The van der Waals surface area contributed by atoms with Crippen LogP contribution in [0.5, 0.6) is 0 Å². The van der Waals surface area contributed by atoms with Gasteiger partial charge in [0, 0.05) is 74.4 Å². The van der Waals surface area contributed by atoms with Gasteiger partial charge in [0.05, 0.1) is 5.69 Å². The average molecular weight is 412 g/mol. The molecule has 1 aliphatic heterocycles. The summed E-state index contributed by atoms with van der Waals surface area (Å²) >= 11 is 0. The molecule has 0 saturated heterocycles. The second-order valence-electron chi connectivity index (χ2n) is 7.70. The molecule has 4 heterocycles. The molecule has 0 fully saturated rings. The van der Waals surface area contributed by atoms with Gasteiger partial charge in [-0.1, -0.05) is 6.07 Å². The summed E-state index contributed by atoms with van der Waals surface area (Å²) in [5, 5.41) is -0.0800. The molecule has 152 valence electrons. The summed E-state index contributed by atoms with van der Waals surface area (Å²) in [5.41, 5.74) is 6.85. The van der Waals surface area contributed by atoms with E-state index in [1.165, 1.54) is 22.5 Å². The van der Waals surface area contributed by atoms with Crippen molar-refractivity contribution in [2.24, 2.45) is 0 Å². The van der Waals surface area contributed by atoms with Gasteiger partial charge in [0.25, 0.3) is 0 Å². The van der Waals surface area contributed by atoms with Crippen LogP contribution in [0.3, 0.4) is 0 Å². The molecule has 0 atom stereocenters. The molecule has 0 unspecified atom stereocenters. The van der Waals surface area contributed by atoms with E-state index in [2.05, 4.69) is 50.4 Å². The van der Waals surface area contributed by atoms with Crippen molar-refractivity contribution in [3.63, 3.8) is 0 Å². The van der Waals surface area contributed by atoms with Gasteiger partial charge in [0.2, 0.25) is 15.0 Å². The van der Waals surface area contributed by atoms with Crippen molar-refractivity contribution in [3.8, 4) is 0 Å². The lowest BCUT2D eigenvalue weighted by molar-refractivity contribution is 0.241. The SMILES string of the molecule is Cc1cc(CN2CCc3nc(S(C)(=O)=O)ncc3C2)c(C)n1Cc1cccnc1. The minimum atomic E-state index is -3.37. The van der Waals surface area contributed by atoms with Crippen molar-refractivity contribution < 1.29 is 8.42 Å². The zero-order valence-corrected chi connectivity index (χ0v) is 17.8. The molecular formula is C21H25N5O2S. The van der Waals surface area contributed by atoms with Gasteiger partial charge in [-0.25, -0.2) is 18.4 Å². The number of hydrogen-bond acceptors (Lipinski definition) is 6. The fourth-order valence-electron chi connectivity index (χ4n) is 3.86. The highest BCUT2D eigenvalue weighted by Gasteiger charge is 2.22. The third kappa shape index (κ3) is 4.23. The maximum Gasteiger partial charge on any atom is 0.246 e. The van der Waals surface area contributed by atoms with Crippen LogP contribution in [0.4, 0.5) is 0 Å². The lowest BCUT2D eigenvalue weighted by atomic mass is 10.1. The summed E-state index contributed by atoms with van der Waals surface area (Å²) in [6.45, 7) is 7.54. The van der Waals surface area contributed by atoms with Gasteiger partial charge in [0.15, 0.2) is 0 Å². The summed E-state index contributed by atoms with van der Waals surface area (Å²) in [7, 11) is -3.37. The lowest BCUT2D eigenvalue weighted by Crippen LogP contribution is -2.31. The molecule has 0 spiro atoms. The fourth-order valence-corrected chi connectivity index (χ4v) is 4.38. The van der Waals surface area contributed by atoms with Gasteiger partial charge in [-0.15, -0.1) is 0 Å². The maximum atomic E-state index is 11.7. The highest BCUT2D eigenvalue weighted by Crippen LogP contribution is 2.23. The Labute approximate surface area is 171 Å². The first kappa shape index (κ1) is 19.7. The summed E-state index contributed by atoms with van der Waals surface area (Å²) in [6, 6.07) is 6.31. The Morgan fingerprint density at radius 2 is 2.00 bits per heavy atom. The van der Waals surface area contributed by atoms with Crippen LogP contribution in [-0.2, 0) is 35.9 Å². The lowest BCUT2D eigenvalue weighted by Gasteiger charge is -2.28. The number of nitrogens with zero attached hydrogens (tertiary/aromatic N) is 5. The summed E-state index contributed by atoms with van der Waals surface area (Å²) in [4.78, 5) is 14.9. The normalized spacial score (nSPS) is 14.7. The van der Waals surface area contributed by atoms with Crippen molar-refractivity contribution in [1.82, 2.24) is 24.4 Å². The average Bonchev–Trinajstić information content (AvgIpc) is 2.95. The third-order valence-electron chi connectivity index (χ3n) is 5.46. The monoisotopic (exact) mass is 411 g/mol. The first-order valence-electron chi connectivity index (χ1n) is 9.63. The molecule has 7 nitrogen and oxygen atoms in total. The van der Waals surface area contributed by atoms with Crippen molar-refractivity contribution in [1.29, 1.82) is 0 Å². The Morgan fingerprint density at radius 3 is 2.72 bits per heavy atom. The van der Waals surface area contributed by atoms with Crippen LogP contribution in [0.25, 0.3) is 0 Å². The van der Waals surface area contributed by atoms with E-state index in [0.717, 1.165) is 50.1 Å². The molecule has 0 amide bonds. The maximum absolute atomic E-state index is 11.7. The molecule has 0 radical (unpaired) electrons. The van der Waals surface area contributed by atoms with Crippen LogP contribution in [0.2, 0.25) is 0 Å². The van der Waals surface area contributed by atoms with E-state index < -0.39 is 9.84 Å². The second kappa shape index (κ2) is 7.68. The number of sulfone groups is 1. The zero-order chi connectivity index (χ0) is 20.6. The molecule has 0 N–H and O–H groups in total. The minimum absolute atomic E-state index is 0.0800. The van der Waals surface area contributed by atoms with Gasteiger partial charge in [-0.2, -0.15) is 0 Å². The van der Waals surface area contributed by atoms with E-state index in [1.807, 2.05) is 12.3 Å². The number of fused-ring (bicyclic) bond motifs is 1. The Morgan fingerprint density at radius 1 is 1.17 bits per heavy atom. The van der Waals surface area contributed by atoms with Crippen LogP contribution in [-0.4, -0.2) is 45.6 Å². The fraction of sp³-hybridized carbons (Fsp3) is 0.381. The van der Waals surface area contributed by atoms with Gasteiger partial charge < -0.3 is 4.57 Å². The Kier molecular flexibility index (Phi) is 5.23. The van der Waals surface area contributed by atoms with Crippen LogP contribution >= 0.6 is 0 Å². The van der Waals surface area contributed by atoms with Crippen LogP contribution < -0.4 is 0 Å².